The molecule has 1 aliphatic carbocycles. The number of hydrogen-bond acceptors (Lipinski definition) is 7. The van der Waals surface area contributed by atoms with Crippen molar-refractivity contribution in [2.24, 2.45) is 0 Å². The lowest BCUT2D eigenvalue weighted by Crippen LogP contribution is -2.33. The third-order valence-electron chi connectivity index (χ3n) is 6.96. The van der Waals surface area contributed by atoms with Crippen molar-refractivity contribution in [3.8, 4) is 11.5 Å². The molecule has 0 radical (unpaired) electrons. The second-order valence-corrected chi connectivity index (χ2v) is 10.9. The van der Waals surface area contributed by atoms with Gasteiger partial charge in [0.25, 0.3) is 0 Å². The van der Waals surface area contributed by atoms with Crippen LogP contribution in [0, 0.1) is 6.92 Å². The van der Waals surface area contributed by atoms with Crippen LogP contribution in [0.1, 0.15) is 41.1 Å². The first-order valence-corrected chi connectivity index (χ1v) is 13.8. The Labute approximate surface area is 228 Å². The van der Waals surface area contributed by atoms with Gasteiger partial charge < -0.3 is 19.3 Å². The van der Waals surface area contributed by atoms with Crippen LogP contribution in [0.15, 0.2) is 53.9 Å². The van der Waals surface area contributed by atoms with E-state index in [0.29, 0.717) is 25.9 Å². The number of benzene rings is 2. The first-order valence-electron chi connectivity index (χ1n) is 13.0. The molecule has 0 N–H and O–H groups in total. The number of carbonyl (C=O) groups excluding carboxylic acids is 1. The van der Waals surface area contributed by atoms with E-state index in [9.17, 15) is 4.79 Å². The minimum Gasteiger partial charge on any atom is -0.497 e. The molecule has 0 atom stereocenters. The molecule has 0 bridgehead atoms. The van der Waals surface area contributed by atoms with Crippen LogP contribution in [-0.4, -0.2) is 48.1 Å². The molecule has 0 spiro atoms. The van der Waals surface area contributed by atoms with Crippen molar-refractivity contribution in [2.45, 2.75) is 51.7 Å². The molecule has 2 aromatic carbocycles. The van der Waals surface area contributed by atoms with Crippen molar-refractivity contribution in [3.05, 3.63) is 75.7 Å². The number of rotatable bonds is 11. The van der Waals surface area contributed by atoms with Gasteiger partial charge in [-0.2, -0.15) is 0 Å². The van der Waals surface area contributed by atoms with Crippen molar-refractivity contribution in [1.82, 2.24) is 14.9 Å². The highest BCUT2D eigenvalue weighted by Gasteiger charge is 2.33. The van der Waals surface area contributed by atoms with Crippen molar-refractivity contribution in [2.75, 3.05) is 26.2 Å². The van der Waals surface area contributed by atoms with E-state index in [1.54, 1.807) is 25.6 Å². The Morgan fingerprint density at radius 1 is 1.03 bits per heavy atom. The summed E-state index contributed by atoms with van der Waals surface area (Å²) in [5.74, 6) is 2.62. The quantitative estimate of drug-likeness (QED) is 0.245. The molecule has 7 nitrogen and oxygen atoms in total. The van der Waals surface area contributed by atoms with Crippen LogP contribution >= 0.6 is 11.3 Å². The summed E-state index contributed by atoms with van der Waals surface area (Å²) >= 11 is 1.65. The SMILES string of the molecule is COc1ccc2cc(CN(C(=O)CCc3ccccc3OC)C3CC3)c(N(C)Cc3csc(C)n3)nc2c1. The maximum absolute atomic E-state index is 13.5. The van der Waals surface area contributed by atoms with Crippen LogP contribution in [0.3, 0.4) is 0 Å². The van der Waals surface area contributed by atoms with E-state index in [1.807, 2.05) is 61.3 Å². The Balaban J connectivity index is 1.43. The number of aryl methyl sites for hydroxylation is 2. The van der Waals surface area contributed by atoms with E-state index in [0.717, 1.165) is 62.9 Å². The Bertz CT molecular complexity index is 1430. The predicted molar refractivity (Wildman–Crippen MR) is 152 cm³/mol. The number of ether oxygens (including phenoxy) is 2. The van der Waals surface area contributed by atoms with Gasteiger partial charge in [0.2, 0.25) is 5.91 Å². The van der Waals surface area contributed by atoms with Gasteiger partial charge in [-0.15, -0.1) is 11.3 Å². The molecule has 0 unspecified atom stereocenters. The van der Waals surface area contributed by atoms with Gasteiger partial charge in [-0.1, -0.05) is 18.2 Å². The Morgan fingerprint density at radius 3 is 2.55 bits per heavy atom. The molecule has 0 saturated heterocycles. The number of aromatic nitrogens is 2. The number of anilines is 1. The fraction of sp³-hybridized carbons (Fsp3) is 0.367. The molecule has 1 aliphatic rings. The molecule has 1 saturated carbocycles. The molecular formula is C30H34N4O3S. The van der Waals surface area contributed by atoms with Gasteiger partial charge in [0.05, 0.1) is 37.0 Å². The molecule has 38 heavy (non-hydrogen) atoms. The summed E-state index contributed by atoms with van der Waals surface area (Å²) in [6.07, 6.45) is 3.18. The smallest absolute Gasteiger partial charge is 0.223 e. The summed E-state index contributed by atoms with van der Waals surface area (Å²) in [6, 6.07) is 16.3. The highest BCUT2D eigenvalue weighted by Crippen LogP contribution is 2.33. The van der Waals surface area contributed by atoms with Gasteiger partial charge >= 0.3 is 0 Å². The molecule has 0 aliphatic heterocycles. The fourth-order valence-corrected chi connectivity index (χ4v) is 5.44. The van der Waals surface area contributed by atoms with Crippen LogP contribution in [0.2, 0.25) is 0 Å². The summed E-state index contributed by atoms with van der Waals surface area (Å²) in [7, 11) is 5.37. The Hall–Kier alpha value is -3.65. The number of hydrogen-bond donors (Lipinski definition) is 0. The highest BCUT2D eigenvalue weighted by atomic mass is 32.1. The summed E-state index contributed by atoms with van der Waals surface area (Å²) in [5.41, 5.74) is 3.97. The van der Waals surface area contributed by atoms with E-state index in [-0.39, 0.29) is 11.9 Å². The maximum Gasteiger partial charge on any atom is 0.223 e. The third kappa shape index (κ3) is 5.91. The van der Waals surface area contributed by atoms with Crippen LogP contribution in [0.25, 0.3) is 10.9 Å². The fourth-order valence-electron chi connectivity index (χ4n) is 4.84. The number of para-hydroxylation sites is 1. The van der Waals surface area contributed by atoms with Gasteiger partial charge in [-0.25, -0.2) is 9.97 Å². The number of thiazole rings is 1. The lowest BCUT2D eigenvalue weighted by molar-refractivity contribution is -0.132. The maximum atomic E-state index is 13.5. The zero-order chi connectivity index (χ0) is 26.6. The zero-order valence-corrected chi connectivity index (χ0v) is 23.3. The summed E-state index contributed by atoms with van der Waals surface area (Å²) in [4.78, 5) is 27.4. The van der Waals surface area contributed by atoms with Crippen molar-refractivity contribution in [1.29, 1.82) is 0 Å². The lowest BCUT2D eigenvalue weighted by atomic mass is 10.1. The van der Waals surface area contributed by atoms with Gasteiger partial charge in [-0.05, 0) is 56.0 Å². The van der Waals surface area contributed by atoms with E-state index < -0.39 is 0 Å². The molecule has 5 rings (SSSR count). The van der Waals surface area contributed by atoms with Crippen LogP contribution in [0.5, 0.6) is 11.5 Å². The molecular weight excluding hydrogens is 496 g/mol. The average molecular weight is 531 g/mol. The molecule has 1 fully saturated rings. The van der Waals surface area contributed by atoms with Gasteiger partial charge in [-0.3, -0.25) is 4.79 Å². The number of fused-ring (bicyclic) bond motifs is 1. The monoisotopic (exact) mass is 530 g/mol. The van der Waals surface area contributed by atoms with E-state index >= 15 is 0 Å². The van der Waals surface area contributed by atoms with E-state index in [4.69, 9.17) is 14.5 Å². The number of methoxy groups -OCH3 is 2. The van der Waals surface area contributed by atoms with Gasteiger partial charge in [0.1, 0.15) is 17.3 Å². The van der Waals surface area contributed by atoms with Crippen LogP contribution < -0.4 is 14.4 Å². The second kappa shape index (κ2) is 11.4. The minimum absolute atomic E-state index is 0.164. The number of nitrogens with zero attached hydrogens (tertiary/aromatic N) is 4. The Kier molecular flexibility index (Phi) is 7.79. The first-order chi connectivity index (χ1) is 18.4. The number of pyridine rings is 1. The third-order valence-corrected chi connectivity index (χ3v) is 7.78. The molecule has 1 amide bonds. The summed E-state index contributed by atoms with van der Waals surface area (Å²) in [5, 5.41) is 4.16. The standard InChI is InChI=1S/C30H34N4O3S/c1-20-31-24(19-38-20)18-33(2)30-23(15-22-9-13-26(36-3)16-27(22)32-30)17-34(25-11-12-25)29(35)14-10-21-7-5-6-8-28(21)37-4/h5-9,13,15-16,19,25H,10-12,14,17-18H2,1-4H3. The van der Waals surface area contributed by atoms with Crippen molar-refractivity contribution >= 4 is 34.0 Å². The molecule has 2 heterocycles. The zero-order valence-electron chi connectivity index (χ0n) is 22.4. The average Bonchev–Trinajstić information content (AvgIpc) is 3.70. The topological polar surface area (TPSA) is 67.8 Å². The summed E-state index contributed by atoms with van der Waals surface area (Å²) in [6.45, 7) is 3.19. The Morgan fingerprint density at radius 2 is 1.84 bits per heavy atom. The van der Waals surface area contributed by atoms with Crippen LogP contribution in [-0.2, 0) is 24.3 Å². The van der Waals surface area contributed by atoms with E-state index in [2.05, 4.69) is 21.3 Å². The molecule has 198 valence electrons. The molecule has 8 heteroatoms. The van der Waals surface area contributed by atoms with Crippen molar-refractivity contribution < 1.29 is 14.3 Å². The normalized spacial score (nSPS) is 12.9. The van der Waals surface area contributed by atoms with Gasteiger partial charge in [0, 0.05) is 48.5 Å². The number of amides is 1. The van der Waals surface area contributed by atoms with E-state index in [1.165, 1.54) is 0 Å². The van der Waals surface area contributed by atoms with Crippen LogP contribution in [0.4, 0.5) is 5.82 Å². The highest BCUT2D eigenvalue weighted by molar-refractivity contribution is 7.09. The van der Waals surface area contributed by atoms with Gasteiger partial charge in [0.15, 0.2) is 0 Å². The predicted octanol–water partition coefficient (Wildman–Crippen LogP) is 5.78. The summed E-state index contributed by atoms with van der Waals surface area (Å²) < 4.78 is 10.9. The lowest BCUT2D eigenvalue weighted by Gasteiger charge is -2.27. The van der Waals surface area contributed by atoms with Crippen molar-refractivity contribution in [3.63, 3.8) is 0 Å². The largest absolute Gasteiger partial charge is 0.497 e. The molecule has 2 aromatic heterocycles. The minimum atomic E-state index is 0.164. The number of carbonyl (C=O) groups is 1. The first kappa shape index (κ1) is 26.0. The molecule has 4 aromatic rings. The second-order valence-electron chi connectivity index (χ2n) is 9.81.